The van der Waals surface area contributed by atoms with Crippen LogP contribution in [-0.2, 0) is 11.2 Å². The molecule has 104 valence electrons. The molecule has 1 aromatic rings. The molecular weight excluding hydrogens is 281 g/mol. The van der Waals surface area contributed by atoms with Gasteiger partial charge in [0.1, 0.15) is 0 Å². The van der Waals surface area contributed by atoms with E-state index in [0.717, 1.165) is 47.7 Å². The van der Waals surface area contributed by atoms with E-state index in [-0.39, 0.29) is 0 Å². The van der Waals surface area contributed by atoms with Crippen LogP contribution in [0.2, 0.25) is 10.0 Å². The van der Waals surface area contributed by atoms with Gasteiger partial charge in [-0.15, -0.1) is 0 Å². The molecule has 0 aromatic heterocycles. The van der Waals surface area contributed by atoms with Crippen molar-refractivity contribution in [2.75, 3.05) is 13.2 Å². The summed E-state index contributed by atoms with van der Waals surface area (Å²) in [5.41, 5.74) is 1.13. The zero-order chi connectivity index (χ0) is 13.2. The first-order chi connectivity index (χ1) is 9.22. The minimum absolute atomic E-state index is 0.491. The summed E-state index contributed by atoms with van der Waals surface area (Å²) in [6.07, 6.45) is 4.67. The van der Waals surface area contributed by atoms with E-state index in [2.05, 4.69) is 5.32 Å². The van der Waals surface area contributed by atoms with Crippen LogP contribution in [0.25, 0.3) is 0 Å². The third-order valence-electron chi connectivity index (χ3n) is 3.99. The van der Waals surface area contributed by atoms with Crippen LogP contribution in [0.1, 0.15) is 24.8 Å². The first kappa shape index (κ1) is 13.7. The summed E-state index contributed by atoms with van der Waals surface area (Å²) in [6, 6.07) is 6.99. The molecule has 0 bridgehead atoms. The first-order valence-corrected chi connectivity index (χ1v) is 7.75. The number of nitrogens with one attached hydrogen (secondary N) is 1. The molecule has 4 heteroatoms. The van der Waals surface area contributed by atoms with Gasteiger partial charge in [-0.25, -0.2) is 0 Å². The second-order valence-corrected chi connectivity index (χ2v) is 6.45. The van der Waals surface area contributed by atoms with Crippen LogP contribution in [0.15, 0.2) is 18.2 Å². The molecule has 0 radical (unpaired) electrons. The highest BCUT2D eigenvalue weighted by molar-refractivity contribution is 6.33. The summed E-state index contributed by atoms with van der Waals surface area (Å²) < 4.78 is 5.64. The highest BCUT2D eigenvalue weighted by atomic mass is 35.5. The average Bonchev–Trinajstić information content (AvgIpc) is 3.20. The molecule has 2 fully saturated rings. The Morgan fingerprint density at radius 2 is 2.05 bits per heavy atom. The molecular formula is C15H19Cl2NO. The maximum absolute atomic E-state index is 6.26. The lowest BCUT2D eigenvalue weighted by atomic mass is 9.89. The lowest BCUT2D eigenvalue weighted by molar-refractivity contribution is 0.0316. The maximum atomic E-state index is 6.26. The van der Waals surface area contributed by atoms with E-state index in [9.17, 15) is 0 Å². The predicted octanol–water partition coefficient (Wildman–Crippen LogP) is 3.69. The highest BCUT2D eigenvalue weighted by Crippen LogP contribution is 2.29. The lowest BCUT2D eigenvalue weighted by Crippen LogP contribution is -2.44. The van der Waals surface area contributed by atoms with Gasteiger partial charge in [-0.2, -0.15) is 0 Å². The highest BCUT2D eigenvalue weighted by Gasteiger charge is 2.31. The molecule has 0 spiro atoms. The number of hydrogen-bond donors (Lipinski definition) is 1. The Kier molecular flexibility index (Phi) is 4.33. The first-order valence-electron chi connectivity index (χ1n) is 7.00. The van der Waals surface area contributed by atoms with Crippen LogP contribution >= 0.6 is 23.2 Å². The largest absolute Gasteiger partial charge is 0.381 e. The van der Waals surface area contributed by atoms with Crippen LogP contribution in [0.3, 0.4) is 0 Å². The van der Waals surface area contributed by atoms with Gasteiger partial charge >= 0.3 is 0 Å². The average molecular weight is 300 g/mol. The minimum Gasteiger partial charge on any atom is -0.381 e. The van der Waals surface area contributed by atoms with Gasteiger partial charge in [0, 0.05) is 34.7 Å². The monoisotopic (exact) mass is 299 g/mol. The zero-order valence-electron chi connectivity index (χ0n) is 10.9. The summed E-state index contributed by atoms with van der Waals surface area (Å²) in [5, 5.41) is 5.30. The summed E-state index contributed by atoms with van der Waals surface area (Å²) in [5.74, 6) is 0.491. The second-order valence-electron chi connectivity index (χ2n) is 5.61. The standard InChI is InChI=1S/C15H19Cl2NO/c16-12-1-4-14(17)10(8-12)7-11-9-19-6-5-15(11)18-13-2-3-13/h1,4,8,11,13,15,18H,2-3,5-7,9H2/t11-,15-/m0/s1. The van der Waals surface area contributed by atoms with Gasteiger partial charge < -0.3 is 10.1 Å². The SMILES string of the molecule is Clc1ccc(Cl)c(C[C@H]2COCC[C@@H]2NC2CC2)c1. The summed E-state index contributed by atoms with van der Waals surface area (Å²) in [4.78, 5) is 0. The van der Waals surface area contributed by atoms with Crippen LogP contribution in [0.5, 0.6) is 0 Å². The topological polar surface area (TPSA) is 21.3 Å². The van der Waals surface area contributed by atoms with E-state index in [1.54, 1.807) is 0 Å². The van der Waals surface area contributed by atoms with Crippen molar-refractivity contribution in [3.63, 3.8) is 0 Å². The normalized spacial score (nSPS) is 27.5. The smallest absolute Gasteiger partial charge is 0.0512 e. The van der Waals surface area contributed by atoms with Crippen molar-refractivity contribution in [3.05, 3.63) is 33.8 Å². The predicted molar refractivity (Wildman–Crippen MR) is 79.0 cm³/mol. The van der Waals surface area contributed by atoms with Crippen molar-refractivity contribution >= 4 is 23.2 Å². The Balaban J connectivity index is 1.69. The molecule has 3 rings (SSSR count). The molecule has 0 amide bonds. The second kappa shape index (κ2) is 6.01. The van der Waals surface area contributed by atoms with Crippen molar-refractivity contribution in [1.29, 1.82) is 0 Å². The maximum Gasteiger partial charge on any atom is 0.0512 e. The van der Waals surface area contributed by atoms with E-state index < -0.39 is 0 Å². The molecule has 1 aliphatic heterocycles. The number of rotatable bonds is 4. The Morgan fingerprint density at radius 1 is 1.21 bits per heavy atom. The van der Waals surface area contributed by atoms with E-state index in [4.69, 9.17) is 27.9 Å². The van der Waals surface area contributed by atoms with Crippen LogP contribution < -0.4 is 5.32 Å². The molecule has 2 nitrogen and oxygen atoms in total. The minimum atomic E-state index is 0.491. The number of ether oxygens (including phenoxy) is 1. The van der Waals surface area contributed by atoms with Gasteiger partial charge in [-0.05, 0) is 49.4 Å². The number of benzene rings is 1. The van der Waals surface area contributed by atoms with Crippen molar-refractivity contribution in [2.45, 2.75) is 37.8 Å². The van der Waals surface area contributed by atoms with Gasteiger partial charge in [0.2, 0.25) is 0 Å². The van der Waals surface area contributed by atoms with Gasteiger partial charge in [-0.1, -0.05) is 23.2 Å². The van der Waals surface area contributed by atoms with Gasteiger partial charge in [0.05, 0.1) is 6.61 Å². The van der Waals surface area contributed by atoms with E-state index >= 15 is 0 Å². The molecule has 1 aliphatic carbocycles. The molecule has 19 heavy (non-hydrogen) atoms. The number of hydrogen-bond acceptors (Lipinski definition) is 2. The molecule has 1 aromatic carbocycles. The fourth-order valence-corrected chi connectivity index (χ4v) is 3.14. The summed E-state index contributed by atoms with van der Waals surface area (Å²) in [6.45, 7) is 1.68. The Hall–Kier alpha value is -0.280. The van der Waals surface area contributed by atoms with E-state index in [0.29, 0.717) is 12.0 Å². The molecule has 1 N–H and O–H groups in total. The van der Waals surface area contributed by atoms with Crippen LogP contribution in [0, 0.1) is 5.92 Å². The quantitative estimate of drug-likeness (QED) is 0.915. The molecule has 2 aliphatic rings. The zero-order valence-corrected chi connectivity index (χ0v) is 12.4. The molecule has 0 unspecified atom stereocenters. The lowest BCUT2D eigenvalue weighted by Gasteiger charge is -2.32. The number of halogens is 2. The fourth-order valence-electron chi connectivity index (χ4n) is 2.75. The van der Waals surface area contributed by atoms with Crippen molar-refractivity contribution in [2.24, 2.45) is 5.92 Å². The molecule has 1 saturated carbocycles. The summed E-state index contributed by atoms with van der Waals surface area (Å²) in [7, 11) is 0. The molecule has 2 atom stereocenters. The van der Waals surface area contributed by atoms with Crippen molar-refractivity contribution in [3.8, 4) is 0 Å². The van der Waals surface area contributed by atoms with E-state index in [1.165, 1.54) is 12.8 Å². The van der Waals surface area contributed by atoms with Gasteiger partial charge in [0.15, 0.2) is 0 Å². The van der Waals surface area contributed by atoms with Crippen LogP contribution in [-0.4, -0.2) is 25.3 Å². The van der Waals surface area contributed by atoms with E-state index in [1.807, 2.05) is 18.2 Å². The molecule has 1 heterocycles. The third kappa shape index (κ3) is 3.63. The van der Waals surface area contributed by atoms with Crippen LogP contribution in [0.4, 0.5) is 0 Å². The Labute approximate surface area is 124 Å². The fraction of sp³-hybridized carbons (Fsp3) is 0.600. The Morgan fingerprint density at radius 3 is 2.84 bits per heavy atom. The van der Waals surface area contributed by atoms with Crippen molar-refractivity contribution < 1.29 is 4.74 Å². The third-order valence-corrected chi connectivity index (χ3v) is 4.59. The van der Waals surface area contributed by atoms with Gasteiger partial charge in [-0.3, -0.25) is 0 Å². The summed E-state index contributed by atoms with van der Waals surface area (Å²) >= 11 is 12.3. The molecule has 1 saturated heterocycles. The van der Waals surface area contributed by atoms with Crippen molar-refractivity contribution in [1.82, 2.24) is 5.32 Å². The van der Waals surface area contributed by atoms with Gasteiger partial charge in [0.25, 0.3) is 0 Å². The Bertz CT molecular complexity index is 448.